The standard InChI is InChI=1S/C4H13O4P.BrH/c5-1-9(2-6,3-7)4-8;/h5-9H,1-4H2;1H. The first-order chi connectivity index (χ1) is 4.24. The van der Waals surface area contributed by atoms with E-state index >= 15 is 0 Å². The molecule has 0 bridgehead atoms. The minimum absolute atomic E-state index is 0. The van der Waals surface area contributed by atoms with Gasteiger partial charge in [0.15, 0.2) is 0 Å². The number of halogens is 1. The van der Waals surface area contributed by atoms with Crippen LogP contribution in [0.25, 0.3) is 0 Å². The molecular formula is C4H14BrO4P. The quantitative estimate of drug-likeness (QED) is 0.478. The third-order valence-corrected chi connectivity index (χ3v) is 4.02. The normalized spacial score (nSPS) is 12.4. The number of hydrogen-bond acceptors (Lipinski definition) is 4. The van der Waals surface area contributed by atoms with Gasteiger partial charge < -0.3 is 0 Å². The van der Waals surface area contributed by atoms with Crippen molar-refractivity contribution >= 4 is 24.2 Å². The Labute approximate surface area is 70.6 Å². The Morgan fingerprint density at radius 2 is 0.900 bits per heavy atom. The third kappa shape index (κ3) is 3.23. The van der Waals surface area contributed by atoms with Crippen LogP contribution in [0.15, 0.2) is 0 Å². The monoisotopic (exact) mass is 236 g/mol. The van der Waals surface area contributed by atoms with Crippen molar-refractivity contribution in [1.82, 2.24) is 0 Å². The maximum atomic E-state index is 8.56. The van der Waals surface area contributed by atoms with Crippen LogP contribution in [-0.2, 0) is 0 Å². The fourth-order valence-corrected chi connectivity index (χ4v) is 0.900. The van der Waals surface area contributed by atoms with Crippen LogP contribution in [0.1, 0.15) is 0 Å². The number of rotatable bonds is 4. The van der Waals surface area contributed by atoms with E-state index < -0.39 is 7.26 Å². The van der Waals surface area contributed by atoms with Crippen molar-refractivity contribution < 1.29 is 20.4 Å². The molecule has 0 aromatic carbocycles. The fourth-order valence-electron chi connectivity index (χ4n) is 0.300. The Morgan fingerprint density at radius 3 is 0.900 bits per heavy atom. The van der Waals surface area contributed by atoms with Gasteiger partial charge in [-0.25, -0.2) is 0 Å². The number of aliphatic hydroxyl groups excluding tert-OH is 4. The van der Waals surface area contributed by atoms with Crippen LogP contribution in [0, 0.1) is 0 Å². The zero-order valence-corrected chi connectivity index (χ0v) is 8.24. The van der Waals surface area contributed by atoms with Crippen molar-refractivity contribution in [2.75, 3.05) is 25.4 Å². The third-order valence-electron chi connectivity index (χ3n) is 1.34. The predicted molar refractivity (Wildman–Crippen MR) is 47.0 cm³/mol. The predicted octanol–water partition coefficient (Wildman–Crippen LogP) is -0.887. The molecule has 0 aromatic rings. The van der Waals surface area contributed by atoms with Crippen molar-refractivity contribution in [3.8, 4) is 0 Å². The van der Waals surface area contributed by atoms with Crippen molar-refractivity contribution in [3.63, 3.8) is 0 Å². The van der Waals surface area contributed by atoms with Gasteiger partial charge in [0.05, 0.1) is 0 Å². The van der Waals surface area contributed by atoms with Crippen LogP contribution < -0.4 is 0 Å². The van der Waals surface area contributed by atoms with E-state index in [1.54, 1.807) is 0 Å². The molecule has 0 unspecified atom stereocenters. The molecular weight excluding hydrogens is 223 g/mol. The summed E-state index contributed by atoms with van der Waals surface area (Å²) in [7, 11) is -2.47. The topological polar surface area (TPSA) is 80.9 Å². The molecule has 0 radical (unpaired) electrons. The Bertz CT molecular complexity index is 60.1. The van der Waals surface area contributed by atoms with E-state index in [1.165, 1.54) is 0 Å². The van der Waals surface area contributed by atoms with E-state index in [0.717, 1.165) is 0 Å². The molecule has 0 rings (SSSR count). The molecule has 4 N–H and O–H groups in total. The van der Waals surface area contributed by atoms with Gasteiger partial charge in [-0.2, -0.15) is 0 Å². The summed E-state index contributed by atoms with van der Waals surface area (Å²) in [5.74, 6) is 0. The van der Waals surface area contributed by atoms with E-state index in [9.17, 15) is 0 Å². The Morgan fingerprint density at radius 1 is 0.700 bits per heavy atom. The van der Waals surface area contributed by atoms with Gasteiger partial charge in [0.2, 0.25) is 0 Å². The molecule has 0 saturated carbocycles. The van der Waals surface area contributed by atoms with Crippen molar-refractivity contribution in [1.29, 1.82) is 0 Å². The fraction of sp³-hybridized carbons (Fsp3) is 1.00. The van der Waals surface area contributed by atoms with Crippen LogP contribution in [0.3, 0.4) is 0 Å². The molecule has 0 fully saturated rings. The number of hydrogen-bond donors (Lipinski definition) is 4. The summed E-state index contributed by atoms with van der Waals surface area (Å²) >= 11 is 0. The van der Waals surface area contributed by atoms with Crippen LogP contribution in [0.2, 0.25) is 0 Å². The SMILES string of the molecule is Br.OC[PH](CO)(CO)CO. The van der Waals surface area contributed by atoms with Crippen LogP contribution >= 0.6 is 24.2 Å². The van der Waals surface area contributed by atoms with Crippen LogP contribution in [0.4, 0.5) is 0 Å². The summed E-state index contributed by atoms with van der Waals surface area (Å²) < 4.78 is 0. The molecule has 0 aromatic heterocycles. The van der Waals surface area contributed by atoms with Crippen LogP contribution in [0.5, 0.6) is 0 Å². The number of aliphatic hydroxyl groups is 4. The molecule has 0 aliphatic rings. The molecule has 0 aliphatic carbocycles. The van der Waals surface area contributed by atoms with Gasteiger partial charge >= 0.3 is 53.1 Å². The summed E-state index contributed by atoms with van der Waals surface area (Å²) in [6.45, 7) is 0. The average Bonchev–Trinajstić information content (AvgIpc) is 1.95. The Hall–Kier alpha value is 0.750. The molecule has 4 nitrogen and oxygen atoms in total. The second kappa shape index (κ2) is 6.46. The van der Waals surface area contributed by atoms with Gasteiger partial charge in [0.1, 0.15) is 0 Å². The summed E-state index contributed by atoms with van der Waals surface area (Å²) in [6, 6.07) is 0. The summed E-state index contributed by atoms with van der Waals surface area (Å²) in [4.78, 5) is 0. The molecule has 66 valence electrons. The van der Waals surface area contributed by atoms with Crippen molar-refractivity contribution in [3.05, 3.63) is 0 Å². The van der Waals surface area contributed by atoms with Crippen molar-refractivity contribution in [2.24, 2.45) is 0 Å². The summed E-state index contributed by atoms with van der Waals surface area (Å²) in [5.41, 5.74) is 0. The van der Waals surface area contributed by atoms with Gasteiger partial charge in [-0.05, 0) is 0 Å². The molecule has 0 aliphatic heterocycles. The molecule has 6 heteroatoms. The van der Waals surface area contributed by atoms with E-state index in [-0.39, 0.29) is 42.4 Å². The van der Waals surface area contributed by atoms with E-state index in [0.29, 0.717) is 0 Å². The second-order valence-electron chi connectivity index (χ2n) is 2.13. The summed E-state index contributed by atoms with van der Waals surface area (Å²) in [6.07, 6.45) is -1.07. The zero-order valence-electron chi connectivity index (χ0n) is 5.53. The molecule has 0 saturated heterocycles. The first kappa shape index (κ1) is 13.3. The first-order valence-corrected chi connectivity index (χ1v) is 5.51. The summed E-state index contributed by atoms with van der Waals surface area (Å²) in [5, 5.41) is 34.2. The zero-order chi connectivity index (χ0) is 7.33. The molecule has 0 amide bonds. The van der Waals surface area contributed by atoms with Gasteiger partial charge in [-0.1, -0.05) is 0 Å². The van der Waals surface area contributed by atoms with Crippen LogP contribution in [-0.4, -0.2) is 45.8 Å². The molecule has 0 heterocycles. The second-order valence-corrected chi connectivity index (χ2v) is 6.40. The Kier molecular flexibility index (Phi) is 8.62. The van der Waals surface area contributed by atoms with Crippen molar-refractivity contribution in [2.45, 2.75) is 0 Å². The molecule has 0 spiro atoms. The van der Waals surface area contributed by atoms with Gasteiger partial charge in [0.25, 0.3) is 0 Å². The Balaban J connectivity index is 0. The first-order valence-electron chi connectivity index (χ1n) is 2.68. The van der Waals surface area contributed by atoms with E-state index in [1.807, 2.05) is 0 Å². The van der Waals surface area contributed by atoms with E-state index in [4.69, 9.17) is 20.4 Å². The molecule has 0 atom stereocenters. The molecule has 10 heavy (non-hydrogen) atoms. The van der Waals surface area contributed by atoms with Gasteiger partial charge in [0, 0.05) is 0 Å². The maximum absolute atomic E-state index is 8.56. The minimum atomic E-state index is -2.47. The van der Waals surface area contributed by atoms with Gasteiger partial charge in [-0.3, -0.25) is 0 Å². The van der Waals surface area contributed by atoms with Gasteiger partial charge in [-0.15, -0.1) is 17.0 Å². The average molecular weight is 237 g/mol. The van der Waals surface area contributed by atoms with E-state index in [2.05, 4.69) is 0 Å².